The number of amides is 2. The maximum atomic E-state index is 13.8. The van der Waals surface area contributed by atoms with Gasteiger partial charge in [0.2, 0.25) is 0 Å². The summed E-state index contributed by atoms with van der Waals surface area (Å²) in [5.41, 5.74) is 3.23. The number of aliphatic hydroxyl groups excluding tert-OH is 1. The molecule has 6 rings (SSSR count). The number of nitrogens with zero attached hydrogens (tertiary/aromatic N) is 3. The molecule has 40 heavy (non-hydrogen) atoms. The first-order valence-corrected chi connectivity index (χ1v) is 14.0. The Kier molecular flexibility index (Phi) is 7.85. The molecule has 1 aliphatic carbocycles. The first-order chi connectivity index (χ1) is 18.7. The fourth-order valence-electron chi connectivity index (χ4n) is 6.59. The van der Waals surface area contributed by atoms with E-state index in [-0.39, 0.29) is 43.2 Å². The summed E-state index contributed by atoms with van der Waals surface area (Å²) in [6, 6.07) is 13.2. The second kappa shape index (κ2) is 10.9. The SMILES string of the molecule is CCN1CCN(C[C@@H](O)[C@@H]2Cc3ccccc3CN2)C(=O)c2ccc(C(=O)N3CCC4(CC3)CC4(F)F)cc21.Cl. The number of halogens is 3. The minimum absolute atomic E-state index is 0. The first-order valence-electron chi connectivity index (χ1n) is 14.0. The van der Waals surface area contributed by atoms with Crippen LogP contribution in [0.3, 0.4) is 0 Å². The van der Waals surface area contributed by atoms with Crippen LogP contribution < -0.4 is 10.2 Å². The largest absolute Gasteiger partial charge is 0.390 e. The number of hydrogen-bond acceptors (Lipinski definition) is 5. The van der Waals surface area contributed by atoms with Crippen LogP contribution in [0.2, 0.25) is 0 Å². The van der Waals surface area contributed by atoms with Gasteiger partial charge in [-0.3, -0.25) is 9.59 Å². The van der Waals surface area contributed by atoms with E-state index in [1.807, 2.05) is 19.1 Å². The van der Waals surface area contributed by atoms with E-state index in [4.69, 9.17) is 0 Å². The Morgan fingerprint density at radius 3 is 2.42 bits per heavy atom. The Labute approximate surface area is 239 Å². The van der Waals surface area contributed by atoms with Crippen LogP contribution in [0.1, 0.15) is 58.0 Å². The molecule has 2 atom stereocenters. The number of anilines is 1. The van der Waals surface area contributed by atoms with E-state index in [0.717, 1.165) is 0 Å². The van der Waals surface area contributed by atoms with Crippen LogP contribution >= 0.6 is 12.4 Å². The van der Waals surface area contributed by atoms with Gasteiger partial charge in [0, 0.05) is 69.3 Å². The maximum Gasteiger partial charge on any atom is 0.256 e. The number of benzene rings is 2. The summed E-state index contributed by atoms with van der Waals surface area (Å²) in [6.07, 6.45) is 0.576. The number of carbonyl (C=O) groups excluding carboxylic acids is 2. The standard InChI is InChI=1S/C30H36F2N4O3.ClH/c1-2-34-13-14-36(18-26(37)24-15-20-5-3-4-6-22(20)17-33-24)28(39)23-8-7-21(16-25(23)34)27(38)35-11-9-29(10-12-35)19-30(29,31)32;/h3-8,16,24,26,33,37H,2,9-15,17-19H2,1H3;1H/t24-,26+;/m0./s1. The molecule has 1 saturated heterocycles. The van der Waals surface area contributed by atoms with Gasteiger partial charge in [-0.2, -0.15) is 0 Å². The Morgan fingerprint density at radius 1 is 1.07 bits per heavy atom. The smallest absolute Gasteiger partial charge is 0.256 e. The molecule has 2 aromatic rings. The minimum atomic E-state index is -2.59. The number of alkyl halides is 2. The number of hydrogen-bond donors (Lipinski definition) is 2. The molecule has 3 heterocycles. The van der Waals surface area contributed by atoms with Crippen molar-refractivity contribution in [3.05, 3.63) is 64.7 Å². The lowest BCUT2D eigenvalue weighted by molar-refractivity contribution is 0.0284. The van der Waals surface area contributed by atoms with Gasteiger partial charge in [0.1, 0.15) is 0 Å². The van der Waals surface area contributed by atoms with Crippen molar-refractivity contribution in [3.8, 4) is 0 Å². The molecule has 2 amide bonds. The van der Waals surface area contributed by atoms with Gasteiger partial charge in [0.15, 0.2) is 0 Å². The second-order valence-electron chi connectivity index (χ2n) is 11.5. The third-order valence-electron chi connectivity index (χ3n) is 9.33. The lowest BCUT2D eigenvalue weighted by Gasteiger charge is -2.33. The maximum absolute atomic E-state index is 13.8. The highest BCUT2D eigenvalue weighted by Gasteiger charge is 2.70. The normalized spacial score (nSPS) is 23.6. The highest BCUT2D eigenvalue weighted by molar-refractivity contribution is 6.03. The van der Waals surface area contributed by atoms with Gasteiger partial charge in [-0.05, 0) is 55.5 Å². The van der Waals surface area contributed by atoms with Gasteiger partial charge >= 0.3 is 0 Å². The van der Waals surface area contributed by atoms with Crippen molar-refractivity contribution in [1.82, 2.24) is 15.1 Å². The zero-order valence-electron chi connectivity index (χ0n) is 22.7. The quantitative estimate of drug-likeness (QED) is 0.569. The van der Waals surface area contributed by atoms with E-state index in [2.05, 4.69) is 22.3 Å². The Balaban J connectivity index is 0.00000323. The second-order valence-corrected chi connectivity index (χ2v) is 11.5. The molecule has 216 valence electrons. The van der Waals surface area contributed by atoms with Crippen LogP contribution in [0.15, 0.2) is 42.5 Å². The van der Waals surface area contributed by atoms with Crippen molar-refractivity contribution in [3.63, 3.8) is 0 Å². The molecular weight excluding hydrogens is 538 g/mol. The summed E-state index contributed by atoms with van der Waals surface area (Å²) in [5.74, 6) is -2.93. The van der Waals surface area contributed by atoms with E-state index in [1.54, 1.807) is 28.0 Å². The number of fused-ring (bicyclic) bond motifs is 2. The van der Waals surface area contributed by atoms with Gasteiger partial charge < -0.3 is 25.1 Å². The topological polar surface area (TPSA) is 76.1 Å². The number of rotatable bonds is 5. The fourth-order valence-corrected chi connectivity index (χ4v) is 6.59. The van der Waals surface area contributed by atoms with Crippen LogP contribution in [0.4, 0.5) is 14.5 Å². The average molecular weight is 575 g/mol. The molecule has 0 aromatic heterocycles. The van der Waals surface area contributed by atoms with E-state index >= 15 is 0 Å². The first kappa shape index (κ1) is 28.8. The van der Waals surface area contributed by atoms with Crippen LogP contribution in [0.25, 0.3) is 0 Å². The molecule has 2 fully saturated rings. The van der Waals surface area contributed by atoms with E-state index in [0.29, 0.717) is 75.3 Å². The molecule has 0 radical (unpaired) electrons. The average Bonchev–Trinajstić information content (AvgIpc) is 3.53. The molecule has 7 nitrogen and oxygen atoms in total. The number of β-amino-alcohol motifs (C(OH)–C–C–N with tert-alkyl or cyclic N) is 1. The van der Waals surface area contributed by atoms with Crippen molar-refractivity contribution >= 4 is 29.9 Å². The van der Waals surface area contributed by atoms with Gasteiger partial charge in [0.25, 0.3) is 17.7 Å². The summed E-state index contributed by atoms with van der Waals surface area (Å²) in [6.45, 7) is 5.29. The third-order valence-corrected chi connectivity index (χ3v) is 9.33. The summed E-state index contributed by atoms with van der Waals surface area (Å²) in [4.78, 5) is 32.4. The van der Waals surface area contributed by atoms with Crippen LogP contribution in [0.5, 0.6) is 0 Å². The highest BCUT2D eigenvalue weighted by Crippen LogP contribution is 2.65. The van der Waals surface area contributed by atoms with Crippen molar-refractivity contribution < 1.29 is 23.5 Å². The molecule has 0 unspecified atom stereocenters. The number of carbonyl (C=O) groups is 2. The van der Waals surface area contributed by atoms with E-state index in [9.17, 15) is 23.5 Å². The highest BCUT2D eigenvalue weighted by atomic mass is 35.5. The van der Waals surface area contributed by atoms with Crippen LogP contribution in [0, 0.1) is 5.41 Å². The summed E-state index contributed by atoms with van der Waals surface area (Å²) < 4.78 is 27.6. The number of nitrogens with one attached hydrogen (secondary N) is 1. The molecule has 0 bridgehead atoms. The minimum Gasteiger partial charge on any atom is -0.390 e. The van der Waals surface area contributed by atoms with Crippen molar-refractivity contribution in [2.24, 2.45) is 5.41 Å². The number of piperidine rings is 1. The Morgan fingerprint density at radius 2 is 1.75 bits per heavy atom. The molecule has 10 heteroatoms. The zero-order valence-corrected chi connectivity index (χ0v) is 23.6. The van der Waals surface area contributed by atoms with Crippen molar-refractivity contribution in [2.75, 3.05) is 44.2 Å². The molecule has 2 aromatic carbocycles. The van der Waals surface area contributed by atoms with Gasteiger partial charge in [0.05, 0.1) is 17.4 Å². The monoisotopic (exact) mass is 574 g/mol. The van der Waals surface area contributed by atoms with Crippen LogP contribution in [-0.2, 0) is 13.0 Å². The number of aliphatic hydroxyl groups is 1. The predicted octanol–water partition coefficient (Wildman–Crippen LogP) is 3.73. The summed E-state index contributed by atoms with van der Waals surface area (Å²) in [5, 5.41) is 14.5. The number of likely N-dealkylation sites (N-methyl/N-ethyl adjacent to an activating group) is 1. The molecule has 4 aliphatic rings. The van der Waals surface area contributed by atoms with Gasteiger partial charge in [-0.15, -0.1) is 12.4 Å². The summed E-state index contributed by atoms with van der Waals surface area (Å²) >= 11 is 0. The Bertz CT molecular complexity index is 1280. The Hall–Kier alpha value is -2.75. The van der Waals surface area contributed by atoms with Crippen molar-refractivity contribution in [1.29, 1.82) is 0 Å². The zero-order chi connectivity index (χ0) is 27.4. The molecular formula is C30H37ClF2N4O3. The fraction of sp³-hybridized carbons (Fsp3) is 0.533. The molecule has 3 aliphatic heterocycles. The summed E-state index contributed by atoms with van der Waals surface area (Å²) in [7, 11) is 0. The molecule has 2 N–H and O–H groups in total. The molecule has 1 saturated carbocycles. The van der Waals surface area contributed by atoms with Crippen molar-refractivity contribution in [2.45, 2.75) is 57.2 Å². The van der Waals surface area contributed by atoms with Gasteiger partial charge in [-0.25, -0.2) is 8.78 Å². The van der Waals surface area contributed by atoms with Gasteiger partial charge in [-0.1, -0.05) is 24.3 Å². The third kappa shape index (κ3) is 5.08. The van der Waals surface area contributed by atoms with E-state index < -0.39 is 17.4 Å². The lowest BCUT2D eigenvalue weighted by atomic mass is 9.92. The van der Waals surface area contributed by atoms with E-state index in [1.165, 1.54) is 11.1 Å². The van der Waals surface area contributed by atoms with Crippen LogP contribution in [-0.4, -0.2) is 84.1 Å². The molecule has 1 spiro atoms. The predicted molar refractivity (Wildman–Crippen MR) is 151 cm³/mol. The lowest BCUT2D eigenvalue weighted by Crippen LogP contribution is -2.50. The number of likely N-dealkylation sites (tertiary alicyclic amines) is 1.